The third-order valence-corrected chi connectivity index (χ3v) is 5.03. The average molecular weight is 370 g/mol. The minimum atomic E-state index is -0.142. The first kappa shape index (κ1) is 16.4. The van der Waals surface area contributed by atoms with Crippen LogP contribution in [0.5, 0.6) is 0 Å². The predicted octanol–water partition coefficient (Wildman–Crippen LogP) is 2.69. The second-order valence-corrected chi connectivity index (χ2v) is 6.88. The molecule has 1 amide bonds. The number of aromatic nitrogens is 2. The summed E-state index contributed by atoms with van der Waals surface area (Å²) in [6, 6.07) is 11.9. The number of carbonyl (C=O) groups is 1. The van der Waals surface area contributed by atoms with Gasteiger partial charge in [-0.05, 0) is 42.5 Å². The van der Waals surface area contributed by atoms with Crippen LogP contribution in [0, 0.1) is 0 Å². The highest BCUT2D eigenvalue weighted by atomic mass is 16.2. The molecular weight excluding hydrogens is 350 g/mol. The molecule has 4 N–H and O–H groups in total. The number of nitrogens with zero attached hydrogens (tertiary/aromatic N) is 1. The highest BCUT2D eigenvalue weighted by Gasteiger charge is 2.33. The van der Waals surface area contributed by atoms with Crippen LogP contribution < -0.4 is 15.6 Å². The zero-order chi connectivity index (χ0) is 18.9. The quantitative estimate of drug-likeness (QED) is 0.661. The van der Waals surface area contributed by atoms with E-state index in [2.05, 4.69) is 31.6 Å². The molecule has 0 spiro atoms. The molecule has 3 aromatic rings. The Labute approximate surface area is 162 Å². The number of carbonyl (C=O) groups excluding carboxylic acids is 1. The lowest BCUT2D eigenvalue weighted by molar-refractivity contribution is -0.378. The standard InChI is InChI=1S/C22H19N5O/c28-22(25-17-6-7-18-16(13-17)8-10-24-18)21-19-5-1-2-11-27(19)20(26-21)12-15-4-3-9-23-14-15/h1-11,13-14,20,24,26H,12H2,(H,25,28)/p+1. The van der Waals surface area contributed by atoms with Crippen molar-refractivity contribution in [2.75, 3.05) is 5.32 Å². The summed E-state index contributed by atoms with van der Waals surface area (Å²) < 4.78 is 0. The number of pyridine rings is 1. The fourth-order valence-electron chi connectivity index (χ4n) is 3.69. The van der Waals surface area contributed by atoms with E-state index in [1.54, 1.807) is 0 Å². The van der Waals surface area contributed by atoms with E-state index in [9.17, 15) is 4.79 Å². The Balaban J connectivity index is 1.39. The molecule has 6 heteroatoms. The van der Waals surface area contributed by atoms with Gasteiger partial charge in [0.15, 0.2) is 12.4 Å². The summed E-state index contributed by atoms with van der Waals surface area (Å²) in [7, 11) is 0. The van der Waals surface area contributed by atoms with E-state index in [-0.39, 0.29) is 12.1 Å². The molecule has 4 heterocycles. The number of rotatable bonds is 4. The third kappa shape index (κ3) is 2.95. The van der Waals surface area contributed by atoms with E-state index in [0.717, 1.165) is 28.7 Å². The van der Waals surface area contributed by atoms with Crippen LogP contribution in [0.4, 0.5) is 5.69 Å². The Hall–Kier alpha value is -3.80. The molecule has 2 aliphatic rings. The van der Waals surface area contributed by atoms with Crippen molar-refractivity contribution in [3.05, 3.63) is 96.4 Å². The predicted molar refractivity (Wildman–Crippen MR) is 108 cm³/mol. The van der Waals surface area contributed by atoms with Crippen LogP contribution in [-0.4, -0.2) is 22.0 Å². The molecule has 0 bridgehead atoms. The molecule has 1 aromatic carbocycles. The Bertz CT molecular complexity index is 1130. The molecule has 0 saturated carbocycles. The third-order valence-electron chi connectivity index (χ3n) is 5.03. The van der Waals surface area contributed by atoms with Gasteiger partial charge in [-0.25, -0.2) is 4.98 Å². The van der Waals surface area contributed by atoms with Gasteiger partial charge in [0, 0.05) is 47.0 Å². The number of fused-ring (bicyclic) bond motifs is 2. The lowest BCUT2D eigenvalue weighted by atomic mass is 10.1. The van der Waals surface area contributed by atoms with Crippen LogP contribution in [0.3, 0.4) is 0 Å². The number of anilines is 1. The van der Waals surface area contributed by atoms with Crippen molar-refractivity contribution >= 4 is 22.5 Å². The molecule has 0 aliphatic carbocycles. The van der Waals surface area contributed by atoms with Crippen molar-refractivity contribution in [2.24, 2.45) is 0 Å². The van der Waals surface area contributed by atoms with Crippen molar-refractivity contribution in [3.8, 4) is 0 Å². The summed E-state index contributed by atoms with van der Waals surface area (Å²) in [6.45, 7) is 0. The second kappa shape index (κ2) is 6.74. The maximum absolute atomic E-state index is 13.0. The lowest BCUT2D eigenvalue weighted by Gasteiger charge is -2.25. The van der Waals surface area contributed by atoms with Crippen molar-refractivity contribution in [2.45, 2.75) is 12.6 Å². The van der Waals surface area contributed by atoms with Gasteiger partial charge in [-0.3, -0.25) is 4.79 Å². The topological polar surface area (TPSA) is 74.3 Å². The van der Waals surface area contributed by atoms with E-state index >= 15 is 0 Å². The largest absolute Gasteiger partial charge is 0.361 e. The van der Waals surface area contributed by atoms with Crippen LogP contribution in [-0.2, 0) is 11.2 Å². The van der Waals surface area contributed by atoms with Gasteiger partial charge >= 0.3 is 0 Å². The summed E-state index contributed by atoms with van der Waals surface area (Å²) in [4.78, 5) is 21.4. The summed E-state index contributed by atoms with van der Waals surface area (Å²) in [5, 5.41) is 7.49. The van der Waals surface area contributed by atoms with Gasteiger partial charge in [-0.2, -0.15) is 0 Å². The van der Waals surface area contributed by atoms with Gasteiger partial charge in [0.25, 0.3) is 5.91 Å². The first-order valence-corrected chi connectivity index (χ1v) is 9.25. The highest BCUT2D eigenvalue weighted by Crippen LogP contribution is 2.27. The van der Waals surface area contributed by atoms with Crippen molar-refractivity contribution in [1.82, 2.24) is 15.2 Å². The first-order chi connectivity index (χ1) is 13.8. The van der Waals surface area contributed by atoms with E-state index in [0.29, 0.717) is 5.70 Å². The maximum atomic E-state index is 13.0. The number of nitrogens with one attached hydrogen (secondary N) is 4. The number of hydrogen-bond acceptors (Lipinski definition) is 3. The molecule has 0 radical (unpaired) electrons. The molecule has 28 heavy (non-hydrogen) atoms. The lowest BCUT2D eigenvalue weighted by Crippen LogP contribution is -2.37. The summed E-state index contributed by atoms with van der Waals surface area (Å²) in [6.07, 6.45) is 14.4. The fourth-order valence-corrected chi connectivity index (χ4v) is 3.69. The highest BCUT2D eigenvalue weighted by molar-refractivity contribution is 6.05. The SMILES string of the molecule is O=C(Nc1ccc2[nH]ccc2c1)C1=C2C=CC=CN2C(Cc2ccc[nH+]c2)N1. The van der Waals surface area contributed by atoms with Crippen LogP contribution in [0.15, 0.2) is 90.8 Å². The van der Waals surface area contributed by atoms with Gasteiger partial charge in [0.1, 0.15) is 11.9 Å². The number of H-pyrrole nitrogens is 2. The summed E-state index contributed by atoms with van der Waals surface area (Å²) in [5.41, 5.74) is 4.45. The number of amides is 1. The number of benzene rings is 1. The Morgan fingerprint density at radius 2 is 2.18 bits per heavy atom. The minimum absolute atomic E-state index is 0.0140. The van der Waals surface area contributed by atoms with Gasteiger partial charge < -0.3 is 20.5 Å². The van der Waals surface area contributed by atoms with Gasteiger partial charge in [0.05, 0.1) is 5.70 Å². The molecule has 2 aromatic heterocycles. The molecule has 2 aliphatic heterocycles. The van der Waals surface area contributed by atoms with Crippen LogP contribution in [0.2, 0.25) is 0 Å². The smallest absolute Gasteiger partial charge is 0.273 e. The van der Waals surface area contributed by atoms with Gasteiger partial charge in [0.2, 0.25) is 0 Å². The second-order valence-electron chi connectivity index (χ2n) is 6.88. The van der Waals surface area contributed by atoms with Crippen molar-refractivity contribution in [1.29, 1.82) is 0 Å². The zero-order valence-electron chi connectivity index (χ0n) is 15.1. The minimum Gasteiger partial charge on any atom is -0.361 e. The van der Waals surface area contributed by atoms with Gasteiger partial charge in [-0.15, -0.1) is 0 Å². The van der Waals surface area contributed by atoms with E-state index in [1.807, 2.05) is 73.4 Å². The summed E-state index contributed by atoms with van der Waals surface area (Å²) >= 11 is 0. The molecule has 5 rings (SSSR count). The summed E-state index contributed by atoms with van der Waals surface area (Å²) in [5.74, 6) is -0.142. The molecule has 6 nitrogen and oxygen atoms in total. The monoisotopic (exact) mass is 370 g/mol. The Morgan fingerprint density at radius 1 is 1.21 bits per heavy atom. The average Bonchev–Trinajstić information content (AvgIpc) is 3.33. The van der Waals surface area contributed by atoms with Crippen LogP contribution in [0.25, 0.3) is 10.9 Å². The van der Waals surface area contributed by atoms with E-state index < -0.39 is 0 Å². The molecular formula is C22H20N5O+. The first-order valence-electron chi connectivity index (χ1n) is 9.25. The van der Waals surface area contributed by atoms with E-state index in [4.69, 9.17) is 0 Å². The number of hydrogen-bond donors (Lipinski definition) is 3. The number of aromatic amines is 2. The van der Waals surface area contributed by atoms with Crippen LogP contribution in [0.1, 0.15) is 5.56 Å². The molecule has 1 atom stereocenters. The van der Waals surface area contributed by atoms with Crippen molar-refractivity contribution < 1.29 is 9.78 Å². The van der Waals surface area contributed by atoms with E-state index in [1.165, 1.54) is 5.56 Å². The van der Waals surface area contributed by atoms with Crippen molar-refractivity contribution in [3.63, 3.8) is 0 Å². The molecule has 1 unspecified atom stereocenters. The molecule has 0 saturated heterocycles. The molecule has 138 valence electrons. The number of allylic oxidation sites excluding steroid dienone is 3. The van der Waals surface area contributed by atoms with Gasteiger partial charge in [-0.1, -0.05) is 6.08 Å². The maximum Gasteiger partial charge on any atom is 0.273 e. The van der Waals surface area contributed by atoms with Crippen LogP contribution >= 0.6 is 0 Å². The normalized spacial score (nSPS) is 17.7. The Kier molecular flexibility index (Phi) is 3.94. The Morgan fingerprint density at radius 3 is 3.07 bits per heavy atom. The molecule has 0 fully saturated rings. The fraction of sp³-hybridized carbons (Fsp3) is 0.0909. The zero-order valence-corrected chi connectivity index (χ0v) is 15.1.